The second-order valence-corrected chi connectivity index (χ2v) is 5.18. The topological polar surface area (TPSA) is 169 Å². The van der Waals surface area contributed by atoms with Crippen molar-refractivity contribution in [3.63, 3.8) is 0 Å². The fraction of sp³-hybridized carbons (Fsp3) is 0.214. The Morgan fingerprint density at radius 1 is 1.23 bits per heavy atom. The van der Waals surface area contributed by atoms with Crippen LogP contribution in [0.4, 0.5) is 11.4 Å². The van der Waals surface area contributed by atoms with E-state index in [0.29, 0.717) is 5.56 Å². The molecule has 12 heteroatoms. The molecule has 0 saturated carbocycles. The number of nitro groups is 2. The Kier molecular flexibility index (Phi) is 5.25. The summed E-state index contributed by atoms with van der Waals surface area (Å²) in [6, 6.07) is 5.17. The summed E-state index contributed by atoms with van der Waals surface area (Å²) in [5.41, 5.74) is 6.06. The maximum absolute atomic E-state index is 11.8. The Labute approximate surface area is 146 Å². The number of rotatable bonds is 6. The number of hydrogen-bond donors (Lipinski definition) is 1. The zero-order chi connectivity index (χ0) is 19.4. The van der Waals surface area contributed by atoms with Gasteiger partial charge < -0.3 is 10.6 Å². The molecule has 0 aliphatic rings. The number of nitro benzene ring substituents is 1. The number of carbonyl (C=O) groups excluding carboxylic acids is 1. The molecular weight excluding hydrogens is 348 g/mol. The maximum Gasteiger partial charge on any atom is 0.356 e. The molecule has 0 aliphatic heterocycles. The number of amidine groups is 1. The molecule has 0 fully saturated rings. The Morgan fingerprint density at radius 3 is 2.35 bits per heavy atom. The van der Waals surface area contributed by atoms with E-state index in [1.54, 1.807) is 0 Å². The van der Waals surface area contributed by atoms with Crippen LogP contribution in [-0.4, -0.2) is 31.4 Å². The van der Waals surface area contributed by atoms with Crippen molar-refractivity contribution in [2.24, 2.45) is 10.9 Å². The highest BCUT2D eigenvalue weighted by Crippen LogP contribution is 2.21. The van der Waals surface area contributed by atoms with Gasteiger partial charge in [-0.1, -0.05) is 5.16 Å². The molecule has 2 N–H and O–H groups in total. The van der Waals surface area contributed by atoms with Crippen molar-refractivity contribution in [2.75, 3.05) is 0 Å². The van der Waals surface area contributed by atoms with Gasteiger partial charge in [-0.05, 0) is 26.0 Å². The molecule has 0 unspecified atom stereocenters. The van der Waals surface area contributed by atoms with Crippen molar-refractivity contribution in [3.05, 3.63) is 61.4 Å². The SMILES string of the molecule is Cc1nn(CC(=O)O/N=C(\N)c2ccc([N+](=O)[O-])cc2)c(C)c1[N+](=O)[O-]. The van der Waals surface area contributed by atoms with E-state index in [1.165, 1.54) is 38.1 Å². The maximum atomic E-state index is 11.8. The molecular formula is C14H14N6O6. The fourth-order valence-corrected chi connectivity index (χ4v) is 2.16. The van der Waals surface area contributed by atoms with E-state index in [1.807, 2.05) is 0 Å². The summed E-state index contributed by atoms with van der Waals surface area (Å²) in [4.78, 5) is 36.9. The molecule has 0 spiro atoms. The quantitative estimate of drug-likeness (QED) is 0.262. The summed E-state index contributed by atoms with van der Waals surface area (Å²) in [5.74, 6) is -0.997. The summed E-state index contributed by atoms with van der Waals surface area (Å²) in [5, 5.41) is 28.9. The fourth-order valence-electron chi connectivity index (χ4n) is 2.16. The molecule has 0 radical (unpaired) electrons. The third-order valence-corrected chi connectivity index (χ3v) is 3.42. The largest absolute Gasteiger partial charge is 0.380 e. The highest BCUT2D eigenvalue weighted by atomic mass is 16.7. The van der Waals surface area contributed by atoms with E-state index >= 15 is 0 Å². The van der Waals surface area contributed by atoms with E-state index in [9.17, 15) is 25.0 Å². The van der Waals surface area contributed by atoms with Crippen LogP contribution in [0, 0.1) is 34.1 Å². The van der Waals surface area contributed by atoms with Crippen LogP contribution in [0.25, 0.3) is 0 Å². The lowest BCUT2D eigenvalue weighted by molar-refractivity contribution is -0.386. The number of nitrogens with zero attached hydrogens (tertiary/aromatic N) is 5. The molecule has 26 heavy (non-hydrogen) atoms. The van der Waals surface area contributed by atoms with Crippen LogP contribution in [0.3, 0.4) is 0 Å². The van der Waals surface area contributed by atoms with Gasteiger partial charge in [-0.25, -0.2) is 4.79 Å². The van der Waals surface area contributed by atoms with Gasteiger partial charge >= 0.3 is 11.7 Å². The molecule has 0 saturated heterocycles. The molecule has 136 valence electrons. The monoisotopic (exact) mass is 362 g/mol. The van der Waals surface area contributed by atoms with Crippen LogP contribution in [0.1, 0.15) is 17.0 Å². The first-order chi connectivity index (χ1) is 12.2. The molecule has 2 aromatic rings. The van der Waals surface area contributed by atoms with E-state index in [0.717, 1.165) is 4.68 Å². The average molecular weight is 362 g/mol. The van der Waals surface area contributed by atoms with Gasteiger partial charge in [0.05, 0.1) is 9.85 Å². The molecule has 0 amide bonds. The van der Waals surface area contributed by atoms with Gasteiger partial charge in [0.2, 0.25) is 0 Å². The van der Waals surface area contributed by atoms with Gasteiger partial charge in [0.25, 0.3) is 5.69 Å². The second-order valence-electron chi connectivity index (χ2n) is 5.18. The Balaban J connectivity index is 2.06. The predicted molar refractivity (Wildman–Crippen MR) is 88.3 cm³/mol. The van der Waals surface area contributed by atoms with Crippen LogP contribution >= 0.6 is 0 Å². The number of oxime groups is 1. The molecule has 1 aromatic heterocycles. The highest BCUT2D eigenvalue weighted by Gasteiger charge is 2.23. The third kappa shape index (κ3) is 3.98. The number of non-ortho nitro benzene ring substituents is 1. The van der Waals surface area contributed by atoms with Crippen LogP contribution in [0.2, 0.25) is 0 Å². The zero-order valence-electron chi connectivity index (χ0n) is 13.8. The number of nitrogens with two attached hydrogens (primary N) is 1. The standard InChI is InChI=1S/C14H14N6O6/c1-8-13(20(24)25)9(2)18(16-8)7-12(21)26-17-14(15)10-3-5-11(6-4-10)19(22)23/h3-6H,7H2,1-2H3,(H2,15,17). The lowest BCUT2D eigenvalue weighted by Gasteiger charge is -2.03. The number of hydrogen-bond acceptors (Lipinski definition) is 8. The number of aryl methyl sites for hydroxylation is 1. The number of carbonyl (C=O) groups is 1. The molecule has 2 rings (SSSR count). The predicted octanol–water partition coefficient (Wildman–Crippen LogP) is 1.18. The van der Waals surface area contributed by atoms with E-state index in [4.69, 9.17) is 5.73 Å². The van der Waals surface area contributed by atoms with Gasteiger partial charge in [0.15, 0.2) is 5.84 Å². The van der Waals surface area contributed by atoms with Crippen molar-refractivity contribution in [1.82, 2.24) is 9.78 Å². The van der Waals surface area contributed by atoms with E-state index < -0.39 is 22.4 Å². The summed E-state index contributed by atoms with van der Waals surface area (Å²) in [6.07, 6.45) is 0. The summed E-state index contributed by atoms with van der Waals surface area (Å²) in [7, 11) is 0. The van der Waals surface area contributed by atoms with Gasteiger partial charge in [0, 0.05) is 17.7 Å². The first kappa shape index (κ1) is 18.5. The normalized spacial score (nSPS) is 11.2. The van der Waals surface area contributed by atoms with Crippen molar-refractivity contribution in [1.29, 1.82) is 0 Å². The van der Waals surface area contributed by atoms with Crippen LogP contribution in [0.15, 0.2) is 29.4 Å². The summed E-state index contributed by atoms with van der Waals surface area (Å²) < 4.78 is 1.13. The van der Waals surface area contributed by atoms with Crippen LogP contribution in [-0.2, 0) is 16.2 Å². The van der Waals surface area contributed by atoms with Gasteiger partial charge in [0.1, 0.15) is 17.9 Å². The van der Waals surface area contributed by atoms with E-state index in [-0.39, 0.29) is 28.6 Å². The van der Waals surface area contributed by atoms with Crippen molar-refractivity contribution >= 4 is 23.2 Å². The number of aromatic nitrogens is 2. The minimum absolute atomic E-state index is 0.121. The third-order valence-electron chi connectivity index (χ3n) is 3.42. The number of benzene rings is 1. The molecule has 1 heterocycles. The minimum atomic E-state index is -0.838. The Morgan fingerprint density at radius 2 is 1.85 bits per heavy atom. The van der Waals surface area contributed by atoms with Crippen LogP contribution in [0.5, 0.6) is 0 Å². The smallest absolute Gasteiger partial charge is 0.356 e. The molecule has 0 bridgehead atoms. The zero-order valence-corrected chi connectivity index (χ0v) is 13.8. The van der Waals surface area contributed by atoms with E-state index in [2.05, 4.69) is 15.1 Å². The molecule has 1 aromatic carbocycles. The molecule has 0 aliphatic carbocycles. The van der Waals surface area contributed by atoms with Gasteiger partial charge in [-0.3, -0.25) is 24.9 Å². The summed E-state index contributed by atoms with van der Waals surface area (Å²) >= 11 is 0. The lowest BCUT2D eigenvalue weighted by Crippen LogP contribution is -2.18. The first-order valence-electron chi connectivity index (χ1n) is 7.17. The Bertz CT molecular complexity index is 901. The molecule has 0 atom stereocenters. The van der Waals surface area contributed by atoms with Crippen LogP contribution < -0.4 is 5.73 Å². The first-order valence-corrected chi connectivity index (χ1v) is 7.17. The highest BCUT2D eigenvalue weighted by molar-refractivity contribution is 5.97. The molecule has 12 nitrogen and oxygen atoms in total. The lowest BCUT2D eigenvalue weighted by atomic mass is 10.2. The summed E-state index contributed by atoms with van der Waals surface area (Å²) in [6.45, 7) is 2.52. The van der Waals surface area contributed by atoms with Gasteiger partial charge in [-0.15, -0.1) is 0 Å². The average Bonchev–Trinajstić information content (AvgIpc) is 2.86. The van der Waals surface area contributed by atoms with Gasteiger partial charge in [-0.2, -0.15) is 5.10 Å². The van der Waals surface area contributed by atoms with Crippen molar-refractivity contribution < 1.29 is 19.5 Å². The second kappa shape index (κ2) is 7.38. The minimum Gasteiger partial charge on any atom is -0.380 e. The Hall–Kier alpha value is -3.83. The van der Waals surface area contributed by atoms with Crippen molar-refractivity contribution in [3.8, 4) is 0 Å². The van der Waals surface area contributed by atoms with Crippen molar-refractivity contribution in [2.45, 2.75) is 20.4 Å².